The predicted octanol–water partition coefficient (Wildman–Crippen LogP) is 13.7. The molecular formula is C51H32N4S. The summed E-state index contributed by atoms with van der Waals surface area (Å²) in [6.45, 7) is 0. The van der Waals surface area contributed by atoms with Gasteiger partial charge in [0.2, 0.25) is 0 Å². The molecule has 4 nitrogen and oxygen atoms in total. The first-order valence-electron chi connectivity index (χ1n) is 23.8. The standard InChI is InChI=1S/C51H32N4S/c1-3-14-33(15-4-1)34-28-30-35(31-29-34)49-52-50(54-51(53-49)44-25-13-24-43-41-21-8-10-27-46(41)56-48(43)44)37-17-11-16-36(32-37)39-22-12-23-42-40-20-7-9-26-45(40)55(47(39)42)38-18-5-2-6-19-38/h1-32H/i2D,5D,6D,7D,9D,12D,18D,19D,20D,22D,23D,26D. The van der Waals surface area contributed by atoms with E-state index in [1.165, 1.54) is 0 Å². The fraction of sp³-hybridized carbons (Fsp3) is 0. The zero-order chi connectivity index (χ0) is 47.4. The molecule has 0 radical (unpaired) electrons. The van der Waals surface area contributed by atoms with Crippen LogP contribution in [0.5, 0.6) is 0 Å². The van der Waals surface area contributed by atoms with Gasteiger partial charge >= 0.3 is 0 Å². The Balaban J connectivity index is 1.19. The topological polar surface area (TPSA) is 43.6 Å². The number of benzene rings is 8. The van der Waals surface area contributed by atoms with Gasteiger partial charge in [-0.3, -0.25) is 0 Å². The number of fused-ring (bicyclic) bond motifs is 6. The number of rotatable bonds is 6. The molecule has 11 rings (SSSR count). The van der Waals surface area contributed by atoms with Crippen molar-refractivity contribution in [1.29, 1.82) is 0 Å². The van der Waals surface area contributed by atoms with E-state index in [1.807, 2.05) is 78.9 Å². The van der Waals surface area contributed by atoms with Crippen LogP contribution < -0.4 is 0 Å². The summed E-state index contributed by atoms with van der Waals surface area (Å²) in [7, 11) is 0. The third kappa shape index (κ3) is 5.40. The highest BCUT2D eigenvalue weighted by atomic mass is 32.1. The number of nitrogens with zero attached hydrogens (tertiary/aromatic N) is 4. The van der Waals surface area contributed by atoms with Crippen LogP contribution in [0, 0.1) is 0 Å². The van der Waals surface area contributed by atoms with Crippen molar-refractivity contribution in [2.24, 2.45) is 0 Å². The zero-order valence-electron chi connectivity index (χ0n) is 41.2. The largest absolute Gasteiger partial charge is 0.309 e. The van der Waals surface area contributed by atoms with E-state index in [-0.39, 0.29) is 38.8 Å². The van der Waals surface area contributed by atoms with Crippen LogP contribution in [0.2, 0.25) is 0 Å². The van der Waals surface area contributed by atoms with E-state index in [4.69, 9.17) is 28.7 Å². The van der Waals surface area contributed by atoms with Crippen LogP contribution in [0.1, 0.15) is 16.4 Å². The molecule has 0 bridgehead atoms. The van der Waals surface area contributed by atoms with Crippen LogP contribution in [0.3, 0.4) is 0 Å². The summed E-state index contributed by atoms with van der Waals surface area (Å²) >= 11 is 1.63. The molecule has 0 spiro atoms. The van der Waals surface area contributed by atoms with Gasteiger partial charge in [0.1, 0.15) is 0 Å². The number of para-hydroxylation sites is 3. The van der Waals surface area contributed by atoms with Gasteiger partial charge in [-0.2, -0.15) is 0 Å². The van der Waals surface area contributed by atoms with Gasteiger partial charge < -0.3 is 4.57 Å². The molecule has 3 aromatic heterocycles. The molecule has 0 aliphatic carbocycles. The minimum atomic E-state index is -0.697. The minimum absolute atomic E-state index is 0.0243. The highest BCUT2D eigenvalue weighted by Crippen LogP contribution is 2.41. The van der Waals surface area contributed by atoms with Crippen LogP contribution in [0.25, 0.3) is 104 Å². The lowest BCUT2D eigenvalue weighted by atomic mass is 9.99. The summed E-state index contributed by atoms with van der Waals surface area (Å²) in [5.41, 5.74) is 3.43. The summed E-state index contributed by atoms with van der Waals surface area (Å²) in [5, 5.41) is 1.80. The van der Waals surface area contributed by atoms with E-state index in [0.717, 1.165) is 47.0 Å². The van der Waals surface area contributed by atoms with Crippen molar-refractivity contribution in [2.75, 3.05) is 0 Å². The van der Waals surface area contributed by atoms with E-state index in [0.29, 0.717) is 17.2 Å². The molecule has 8 aromatic carbocycles. The molecule has 0 fully saturated rings. The van der Waals surface area contributed by atoms with Gasteiger partial charge in [-0.05, 0) is 53.0 Å². The average Bonchev–Trinajstić information content (AvgIpc) is 3.93. The van der Waals surface area contributed by atoms with Gasteiger partial charge in [-0.1, -0.05) is 158 Å². The van der Waals surface area contributed by atoms with E-state index in [9.17, 15) is 2.74 Å². The smallest absolute Gasteiger partial charge is 0.165 e. The van der Waals surface area contributed by atoms with E-state index >= 15 is 0 Å². The van der Waals surface area contributed by atoms with Crippen LogP contribution in [-0.4, -0.2) is 19.5 Å². The second-order valence-corrected chi connectivity index (χ2v) is 14.2. The van der Waals surface area contributed by atoms with Gasteiger partial charge in [0.05, 0.1) is 27.5 Å². The molecule has 0 aliphatic heterocycles. The molecule has 56 heavy (non-hydrogen) atoms. The average molecular weight is 745 g/mol. The Labute approximate surface area is 344 Å². The van der Waals surface area contributed by atoms with Crippen molar-refractivity contribution in [3.63, 3.8) is 0 Å². The van der Waals surface area contributed by atoms with Crippen molar-refractivity contribution in [3.05, 3.63) is 194 Å². The molecule has 3 heterocycles. The summed E-state index contributed by atoms with van der Waals surface area (Å²) in [6, 6.07) is 31.5. The summed E-state index contributed by atoms with van der Waals surface area (Å²) in [4.78, 5) is 15.2. The van der Waals surface area contributed by atoms with Crippen LogP contribution >= 0.6 is 11.3 Å². The van der Waals surface area contributed by atoms with E-state index in [2.05, 4.69) is 18.2 Å². The zero-order valence-corrected chi connectivity index (χ0v) is 30.1. The maximum atomic E-state index is 9.45. The first kappa shape index (κ1) is 22.2. The van der Waals surface area contributed by atoms with Gasteiger partial charge in [0, 0.05) is 58.9 Å². The van der Waals surface area contributed by atoms with Crippen LogP contribution in [0.4, 0.5) is 0 Å². The Bertz CT molecular complexity index is 3920. The molecule has 0 unspecified atom stereocenters. The van der Waals surface area contributed by atoms with Crippen LogP contribution in [0.15, 0.2) is 194 Å². The molecule has 0 saturated heterocycles. The lowest BCUT2D eigenvalue weighted by Gasteiger charge is -2.13. The predicted molar refractivity (Wildman–Crippen MR) is 234 cm³/mol. The quantitative estimate of drug-likeness (QED) is 0.170. The number of hydrogen-bond donors (Lipinski definition) is 0. The van der Waals surface area contributed by atoms with Crippen molar-refractivity contribution in [3.8, 4) is 62.1 Å². The Hall–Kier alpha value is -7.21. The molecule has 5 heteroatoms. The Morgan fingerprint density at radius 3 is 1.95 bits per heavy atom. The second kappa shape index (κ2) is 13.3. The maximum absolute atomic E-state index is 9.45. The second-order valence-electron chi connectivity index (χ2n) is 13.1. The lowest BCUT2D eigenvalue weighted by Crippen LogP contribution is -2.00. The number of hydrogen-bond acceptors (Lipinski definition) is 4. The van der Waals surface area contributed by atoms with Crippen molar-refractivity contribution >= 4 is 53.3 Å². The molecular weight excluding hydrogens is 701 g/mol. The SMILES string of the molecule is [2H]c1c([2H])c([2H])c(-n2c3c([2H])c([2H])c([2H])c([2H])c3c3c([2H])c([2H])c([2H])c(-c4cccc(-c5nc(-c6ccc(-c7ccccc7)cc6)nc(-c6cccc7c6sc6ccccc67)n5)c4)c32)c([2H])c1[2H]. The van der Waals surface area contributed by atoms with E-state index < -0.39 is 78.2 Å². The fourth-order valence-corrected chi connectivity index (χ4v) is 8.50. The molecule has 262 valence electrons. The van der Waals surface area contributed by atoms with Crippen LogP contribution in [-0.2, 0) is 0 Å². The minimum Gasteiger partial charge on any atom is -0.309 e. The highest BCUT2D eigenvalue weighted by Gasteiger charge is 2.19. The first-order valence-corrected chi connectivity index (χ1v) is 18.6. The lowest BCUT2D eigenvalue weighted by molar-refractivity contribution is 1.08. The van der Waals surface area contributed by atoms with Crippen molar-refractivity contribution in [2.45, 2.75) is 0 Å². The monoisotopic (exact) mass is 744 g/mol. The molecule has 0 amide bonds. The third-order valence-corrected chi connectivity index (χ3v) is 11.1. The fourth-order valence-electron chi connectivity index (χ4n) is 7.29. The molecule has 0 saturated carbocycles. The van der Waals surface area contributed by atoms with Crippen molar-refractivity contribution in [1.82, 2.24) is 19.5 Å². The van der Waals surface area contributed by atoms with Gasteiger partial charge in [-0.15, -0.1) is 11.3 Å². The molecule has 0 atom stereocenters. The van der Waals surface area contributed by atoms with E-state index in [1.54, 1.807) is 35.6 Å². The number of aromatic nitrogens is 4. The third-order valence-electron chi connectivity index (χ3n) is 9.86. The molecule has 0 aliphatic rings. The summed E-state index contributed by atoms with van der Waals surface area (Å²) < 4.78 is 110. The highest BCUT2D eigenvalue weighted by molar-refractivity contribution is 7.26. The molecule has 11 aromatic rings. The summed E-state index contributed by atoms with van der Waals surface area (Å²) in [6.07, 6.45) is 0. The van der Waals surface area contributed by atoms with Gasteiger partial charge in [-0.25, -0.2) is 15.0 Å². The Kier molecular flexibility index (Phi) is 5.27. The Morgan fingerprint density at radius 1 is 0.429 bits per heavy atom. The van der Waals surface area contributed by atoms with Gasteiger partial charge in [0.25, 0.3) is 0 Å². The maximum Gasteiger partial charge on any atom is 0.165 e. The Morgan fingerprint density at radius 2 is 1.07 bits per heavy atom. The first-order chi connectivity index (χ1) is 32.7. The van der Waals surface area contributed by atoms with Crippen molar-refractivity contribution < 1.29 is 16.4 Å². The molecule has 0 N–H and O–H groups in total. The summed E-state index contributed by atoms with van der Waals surface area (Å²) in [5.74, 6) is 1.04. The number of thiophene rings is 1. The normalized spacial score (nSPS) is 14.6. The van der Waals surface area contributed by atoms with Gasteiger partial charge in [0.15, 0.2) is 17.5 Å².